The van der Waals surface area contributed by atoms with Gasteiger partial charge in [-0.3, -0.25) is 0 Å². The summed E-state index contributed by atoms with van der Waals surface area (Å²) in [7, 11) is -3.51. The van der Waals surface area contributed by atoms with Crippen LogP contribution in [0, 0.1) is 12.7 Å². The van der Waals surface area contributed by atoms with Crippen LogP contribution in [-0.2, 0) is 22.3 Å². The van der Waals surface area contributed by atoms with E-state index in [2.05, 4.69) is 9.71 Å². The summed E-state index contributed by atoms with van der Waals surface area (Å²) in [6.45, 7) is 2.06. The van der Waals surface area contributed by atoms with Gasteiger partial charge in [-0.1, -0.05) is 42.5 Å². The molecule has 0 bridgehead atoms. The van der Waals surface area contributed by atoms with E-state index in [-0.39, 0.29) is 18.1 Å². The van der Waals surface area contributed by atoms with Crippen molar-refractivity contribution in [3.63, 3.8) is 0 Å². The number of aromatic nitrogens is 1. The highest BCUT2D eigenvalue weighted by Crippen LogP contribution is 2.27. The molecule has 3 aromatic rings. The predicted octanol–water partition coefficient (Wildman–Crippen LogP) is 3.88. The first kappa shape index (κ1) is 17.7. The maximum absolute atomic E-state index is 12.9. The third-order valence-electron chi connectivity index (χ3n) is 3.64. The first-order valence-corrected chi connectivity index (χ1v) is 10.1. The van der Waals surface area contributed by atoms with Crippen molar-refractivity contribution in [2.45, 2.75) is 19.2 Å². The number of thiazole rings is 1. The molecule has 1 N–H and O–H groups in total. The molecule has 1 aromatic heterocycles. The molecule has 0 radical (unpaired) electrons. The zero-order valence-corrected chi connectivity index (χ0v) is 15.2. The molecule has 0 atom stereocenters. The van der Waals surface area contributed by atoms with E-state index in [1.807, 2.05) is 37.3 Å². The number of nitrogens with zero attached hydrogens (tertiary/aromatic N) is 1. The summed E-state index contributed by atoms with van der Waals surface area (Å²) in [6, 6.07) is 15.2. The van der Waals surface area contributed by atoms with Gasteiger partial charge in [0.05, 0.1) is 11.4 Å². The van der Waals surface area contributed by atoms with Crippen LogP contribution >= 0.6 is 11.3 Å². The topological polar surface area (TPSA) is 59.1 Å². The molecule has 7 heteroatoms. The highest BCUT2D eigenvalue weighted by atomic mass is 32.2. The molecule has 130 valence electrons. The van der Waals surface area contributed by atoms with Crippen LogP contribution in [0.4, 0.5) is 4.39 Å². The lowest BCUT2D eigenvalue weighted by atomic mass is 10.2. The fourth-order valence-corrected chi connectivity index (χ4v) is 4.52. The van der Waals surface area contributed by atoms with Gasteiger partial charge in [0.2, 0.25) is 10.0 Å². The average molecular weight is 376 g/mol. The summed E-state index contributed by atoms with van der Waals surface area (Å²) in [6.07, 6.45) is 0. The zero-order valence-electron chi connectivity index (χ0n) is 13.6. The highest BCUT2D eigenvalue weighted by molar-refractivity contribution is 7.88. The van der Waals surface area contributed by atoms with E-state index in [0.717, 1.165) is 21.1 Å². The van der Waals surface area contributed by atoms with Crippen molar-refractivity contribution in [2.24, 2.45) is 0 Å². The minimum Gasteiger partial charge on any atom is -0.241 e. The van der Waals surface area contributed by atoms with Crippen molar-refractivity contribution in [3.8, 4) is 10.6 Å². The van der Waals surface area contributed by atoms with Crippen molar-refractivity contribution in [3.05, 3.63) is 76.5 Å². The van der Waals surface area contributed by atoms with Gasteiger partial charge in [0.15, 0.2) is 0 Å². The number of halogens is 1. The fraction of sp³-hybridized carbons (Fsp3) is 0.167. The van der Waals surface area contributed by atoms with Gasteiger partial charge in [-0.15, -0.1) is 11.3 Å². The Kier molecular flexibility index (Phi) is 5.27. The number of nitrogens with one attached hydrogen (secondary N) is 1. The number of hydrogen-bond donors (Lipinski definition) is 1. The molecular weight excluding hydrogens is 359 g/mol. The Labute approximate surface area is 150 Å². The maximum atomic E-state index is 12.9. The second kappa shape index (κ2) is 7.43. The zero-order chi connectivity index (χ0) is 17.9. The molecule has 0 unspecified atom stereocenters. The summed E-state index contributed by atoms with van der Waals surface area (Å²) in [4.78, 5) is 5.39. The Morgan fingerprint density at radius 1 is 1.08 bits per heavy atom. The molecule has 0 saturated heterocycles. The maximum Gasteiger partial charge on any atom is 0.216 e. The number of benzene rings is 2. The van der Waals surface area contributed by atoms with Crippen molar-refractivity contribution in [1.82, 2.24) is 9.71 Å². The van der Waals surface area contributed by atoms with E-state index in [1.165, 1.54) is 35.6 Å². The lowest BCUT2D eigenvalue weighted by Gasteiger charge is -2.06. The summed E-state index contributed by atoms with van der Waals surface area (Å²) < 4.78 is 39.9. The van der Waals surface area contributed by atoms with Crippen LogP contribution in [0.15, 0.2) is 54.6 Å². The molecule has 0 aliphatic rings. The Morgan fingerprint density at radius 2 is 1.76 bits per heavy atom. The molecule has 0 spiro atoms. The van der Waals surface area contributed by atoms with Crippen LogP contribution in [0.2, 0.25) is 0 Å². The van der Waals surface area contributed by atoms with Gasteiger partial charge in [-0.2, -0.15) is 0 Å². The predicted molar refractivity (Wildman–Crippen MR) is 98.2 cm³/mol. The van der Waals surface area contributed by atoms with Gasteiger partial charge < -0.3 is 0 Å². The van der Waals surface area contributed by atoms with Crippen molar-refractivity contribution in [2.75, 3.05) is 0 Å². The number of hydrogen-bond acceptors (Lipinski definition) is 4. The normalized spacial score (nSPS) is 11.6. The fourth-order valence-electron chi connectivity index (χ4n) is 2.32. The molecule has 0 saturated carbocycles. The second-order valence-corrected chi connectivity index (χ2v) is 8.49. The molecule has 0 amide bonds. The first-order chi connectivity index (χ1) is 11.9. The molecule has 1 heterocycles. The third kappa shape index (κ3) is 4.72. The van der Waals surface area contributed by atoms with E-state index in [9.17, 15) is 12.8 Å². The quantitative estimate of drug-likeness (QED) is 0.710. The minimum atomic E-state index is -3.51. The summed E-state index contributed by atoms with van der Waals surface area (Å²) >= 11 is 1.47. The SMILES string of the molecule is Cc1nc(-c2ccccc2)sc1CNS(=O)(=O)Cc1ccc(F)cc1. The van der Waals surface area contributed by atoms with Crippen molar-refractivity contribution >= 4 is 21.4 Å². The van der Waals surface area contributed by atoms with Gasteiger partial charge >= 0.3 is 0 Å². The molecule has 25 heavy (non-hydrogen) atoms. The molecule has 4 nitrogen and oxygen atoms in total. The van der Waals surface area contributed by atoms with E-state index >= 15 is 0 Å². The van der Waals surface area contributed by atoms with Gasteiger partial charge in [0, 0.05) is 17.0 Å². The van der Waals surface area contributed by atoms with Gasteiger partial charge in [-0.25, -0.2) is 22.5 Å². The Hall–Kier alpha value is -2.09. The van der Waals surface area contributed by atoms with E-state index in [1.54, 1.807) is 0 Å². The van der Waals surface area contributed by atoms with E-state index in [0.29, 0.717) is 5.56 Å². The third-order valence-corrected chi connectivity index (χ3v) is 6.14. The molecular formula is C18H17FN2O2S2. The van der Waals surface area contributed by atoms with Crippen molar-refractivity contribution in [1.29, 1.82) is 0 Å². The smallest absolute Gasteiger partial charge is 0.216 e. The molecule has 2 aromatic carbocycles. The van der Waals surface area contributed by atoms with Gasteiger partial charge in [0.1, 0.15) is 10.8 Å². The summed E-state index contributed by atoms with van der Waals surface area (Å²) in [5.41, 5.74) is 2.37. The monoisotopic (exact) mass is 376 g/mol. The number of sulfonamides is 1. The molecule has 0 aliphatic heterocycles. The summed E-state index contributed by atoms with van der Waals surface area (Å²) in [5.74, 6) is -0.570. The lowest BCUT2D eigenvalue weighted by Crippen LogP contribution is -2.24. The standard InChI is InChI=1S/C18H17FN2O2S2/c1-13-17(24-18(21-13)15-5-3-2-4-6-15)11-20-25(22,23)12-14-7-9-16(19)10-8-14/h2-10,20H,11-12H2,1H3. The minimum absolute atomic E-state index is 0.184. The largest absolute Gasteiger partial charge is 0.241 e. The van der Waals surface area contributed by atoms with Crippen LogP contribution in [0.5, 0.6) is 0 Å². The van der Waals surface area contributed by atoms with Gasteiger partial charge in [-0.05, 0) is 24.6 Å². The number of aryl methyl sites for hydroxylation is 1. The van der Waals surface area contributed by atoms with E-state index < -0.39 is 10.0 Å². The molecule has 3 rings (SSSR count). The van der Waals surface area contributed by atoms with Crippen LogP contribution in [0.25, 0.3) is 10.6 Å². The highest BCUT2D eigenvalue weighted by Gasteiger charge is 2.15. The van der Waals surface area contributed by atoms with Crippen molar-refractivity contribution < 1.29 is 12.8 Å². The Morgan fingerprint density at radius 3 is 2.44 bits per heavy atom. The average Bonchev–Trinajstić information content (AvgIpc) is 2.97. The van der Waals surface area contributed by atoms with Crippen LogP contribution in [0.1, 0.15) is 16.1 Å². The van der Waals surface area contributed by atoms with Crippen LogP contribution in [0.3, 0.4) is 0 Å². The van der Waals surface area contributed by atoms with Crippen LogP contribution in [-0.4, -0.2) is 13.4 Å². The van der Waals surface area contributed by atoms with Gasteiger partial charge in [0.25, 0.3) is 0 Å². The lowest BCUT2D eigenvalue weighted by molar-refractivity contribution is 0.580. The summed E-state index contributed by atoms with van der Waals surface area (Å²) in [5, 5.41) is 0.867. The first-order valence-electron chi connectivity index (χ1n) is 7.66. The Balaban J connectivity index is 1.68. The van der Waals surface area contributed by atoms with E-state index in [4.69, 9.17) is 0 Å². The Bertz CT molecular complexity index is 953. The second-order valence-electron chi connectivity index (χ2n) is 5.60. The number of rotatable bonds is 6. The molecule has 0 aliphatic carbocycles. The van der Waals surface area contributed by atoms with Crippen LogP contribution < -0.4 is 4.72 Å². The molecule has 0 fully saturated rings.